The zero-order chi connectivity index (χ0) is 70.2. The van der Waals surface area contributed by atoms with Crippen LogP contribution in [0.15, 0.2) is 39.9 Å². The van der Waals surface area contributed by atoms with Crippen molar-refractivity contribution in [1.82, 2.24) is 0 Å². The first kappa shape index (κ1) is 99.3. The lowest BCUT2D eigenvalue weighted by atomic mass is 9.97. The molecular weight excluding hydrogens is 1080 g/mol. The third-order valence-corrected chi connectivity index (χ3v) is 16.6. The van der Waals surface area contributed by atoms with Crippen LogP contribution in [0.1, 0.15) is 260 Å². The molecule has 0 N–H and O–H groups in total. The van der Waals surface area contributed by atoms with Gasteiger partial charge in [-0.1, -0.05) is 41.5 Å². The zero-order valence-corrected chi connectivity index (χ0v) is 65.1. The van der Waals surface area contributed by atoms with Crippen molar-refractivity contribution in [2.75, 3.05) is 97.2 Å². The summed E-state index contributed by atoms with van der Waals surface area (Å²) < 4.78 is 42.4. The molecule has 86 heavy (non-hydrogen) atoms. The van der Waals surface area contributed by atoms with Crippen LogP contribution in [0, 0.1) is 0 Å². The molecular formula is C70H148N8O8. The van der Waals surface area contributed by atoms with Gasteiger partial charge in [0.15, 0.2) is 0 Å². The summed E-state index contributed by atoms with van der Waals surface area (Å²) in [4.78, 5) is 34.4. The summed E-state index contributed by atoms with van der Waals surface area (Å²) in [5, 5.41) is 0. The fourth-order valence-electron chi connectivity index (χ4n) is 6.10. The fourth-order valence-corrected chi connectivity index (χ4v) is 6.10. The molecule has 0 saturated carbocycles. The molecule has 0 bridgehead atoms. The van der Waals surface area contributed by atoms with Crippen molar-refractivity contribution in [3.8, 4) is 0 Å². The number of aliphatic imine (C=N–C) groups is 8. The van der Waals surface area contributed by atoms with E-state index in [9.17, 15) is 0 Å². The highest BCUT2D eigenvalue weighted by Crippen LogP contribution is 2.20. The molecule has 4 unspecified atom stereocenters. The van der Waals surface area contributed by atoms with E-state index in [4.69, 9.17) is 37.9 Å². The molecule has 4 atom stereocenters. The molecule has 0 aromatic rings. The predicted octanol–water partition coefficient (Wildman–Crippen LogP) is 17.5. The van der Waals surface area contributed by atoms with Crippen LogP contribution in [0.25, 0.3) is 0 Å². The summed E-state index contributed by atoms with van der Waals surface area (Å²) in [5.74, 6) is 0. The highest BCUT2D eigenvalue weighted by molar-refractivity contribution is 5.93. The number of nitrogens with zero attached hydrogens (tertiary/aromatic N) is 8. The Morgan fingerprint density at radius 3 is 0.733 bits per heavy atom. The monoisotopic (exact) mass is 1230 g/mol. The molecule has 0 fully saturated rings. The van der Waals surface area contributed by atoms with Crippen LogP contribution in [0.5, 0.6) is 0 Å². The highest BCUT2D eigenvalue weighted by atomic mass is 16.5. The van der Waals surface area contributed by atoms with Gasteiger partial charge in [-0.2, -0.15) is 0 Å². The van der Waals surface area contributed by atoms with Crippen molar-refractivity contribution in [3.63, 3.8) is 0 Å². The van der Waals surface area contributed by atoms with E-state index in [1.165, 1.54) is 0 Å². The van der Waals surface area contributed by atoms with Gasteiger partial charge < -0.3 is 37.9 Å². The maximum absolute atomic E-state index is 5.42. The molecule has 0 aromatic heterocycles. The van der Waals surface area contributed by atoms with Crippen LogP contribution in [-0.2, 0) is 37.9 Å². The lowest BCUT2D eigenvalue weighted by Gasteiger charge is -2.27. The first-order valence-corrected chi connectivity index (χ1v) is 31.7. The molecule has 0 heterocycles. The summed E-state index contributed by atoms with van der Waals surface area (Å²) >= 11 is 0. The van der Waals surface area contributed by atoms with Gasteiger partial charge in [0.05, 0.1) is 22.4 Å². The van der Waals surface area contributed by atoms with Crippen LogP contribution >= 0.6 is 0 Å². The summed E-state index contributed by atoms with van der Waals surface area (Å²) in [5.41, 5.74) is 7.06. The Labute approximate surface area is 535 Å². The average Bonchev–Trinajstić information content (AvgIpc) is 3.49. The lowest BCUT2D eigenvalue weighted by molar-refractivity contribution is 0.0621. The van der Waals surface area contributed by atoms with E-state index in [0.29, 0.717) is 12.1 Å². The molecule has 0 aliphatic rings. The van der Waals surface area contributed by atoms with E-state index in [1.807, 2.05) is 125 Å². The van der Waals surface area contributed by atoms with Crippen LogP contribution in [0.2, 0.25) is 0 Å². The van der Waals surface area contributed by atoms with Gasteiger partial charge in [0.1, 0.15) is 22.4 Å². The first-order chi connectivity index (χ1) is 39.3. The Morgan fingerprint density at radius 2 is 0.512 bits per heavy atom. The van der Waals surface area contributed by atoms with E-state index in [0.717, 1.165) is 110 Å². The highest BCUT2D eigenvalue weighted by Gasteiger charge is 2.28. The summed E-state index contributed by atoms with van der Waals surface area (Å²) in [6.45, 7) is 69.0. The molecule has 0 amide bonds. The SMILES string of the molecule is CCC(C)(OC)C(C)=NC.CCC(C)(OC)C(C)=NC(C)C.CCCN=C(C)C(C)(C)OC.CCCN=C(C)C(C)(CC)OC.CCN=C(C)C(C)(C)OC.CCN=C(C)C(C)(CC)OC.CN=C(C)C(C)(C)OC.COC(C)(C)C(C)=NC(C)C. The predicted molar refractivity (Wildman–Crippen MR) is 386 cm³/mol. The van der Waals surface area contributed by atoms with Crippen molar-refractivity contribution in [1.29, 1.82) is 0 Å². The molecule has 0 radical (unpaired) electrons. The number of hydrogen-bond acceptors (Lipinski definition) is 16. The average molecular weight is 1230 g/mol. The van der Waals surface area contributed by atoms with Gasteiger partial charge >= 0.3 is 0 Å². The number of methoxy groups -OCH3 is 8. The minimum Gasteiger partial charge on any atom is -0.373 e. The Hall–Kier alpha value is -2.96. The minimum absolute atomic E-state index is 0.157. The van der Waals surface area contributed by atoms with Gasteiger partial charge in [-0.25, -0.2) is 0 Å². The van der Waals surface area contributed by atoms with Crippen molar-refractivity contribution >= 4 is 45.7 Å². The van der Waals surface area contributed by atoms with E-state index in [2.05, 4.69) is 137 Å². The zero-order valence-electron chi connectivity index (χ0n) is 65.1. The van der Waals surface area contributed by atoms with E-state index in [1.54, 1.807) is 71.0 Å². The fraction of sp³-hybridized carbons (Fsp3) is 0.886. The summed E-state index contributed by atoms with van der Waals surface area (Å²) in [6.07, 6.45) is 6.07. The van der Waals surface area contributed by atoms with E-state index < -0.39 is 0 Å². The van der Waals surface area contributed by atoms with Gasteiger partial charge in [0.25, 0.3) is 0 Å². The molecule has 0 aliphatic heterocycles. The van der Waals surface area contributed by atoms with E-state index in [-0.39, 0.29) is 44.8 Å². The van der Waals surface area contributed by atoms with E-state index >= 15 is 0 Å². The van der Waals surface area contributed by atoms with Gasteiger partial charge in [-0.3, -0.25) is 39.9 Å². The Morgan fingerprint density at radius 1 is 0.291 bits per heavy atom. The van der Waals surface area contributed by atoms with Crippen LogP contribution in [0.4, 0.5) is 0 Å². The van der Waals surface area contributed by atoms with Crippen molar-refractivity contribution in [3.05, 3.63) is 0 Å². The molecule has 0 rings (SSSR count). The smallest absolute Gasteiger partial charge is 0.102 e. The molecule has 16 heteroatoms. The van der Waals surface area contributed by atoms with Gasteiger partial charge in [0.2, 0.25) is 0 Å². The molecule has 516 valence electrons. The van der Waals surface area contributed by atoms with Crippen LogP contribution in [-0.4, -0.2) is 200 Å². The third-order valence-electron chi connectivity index (χ3n) is 16.6. The van der Waals surface area contributed by atoms with Crippen LogP contribution < -0.4 is 0 Å². The summed E-state index contributed by atoms with van der Waals surface area (Å²) in [7, 11) is 17.3. The second-order valence-electron chi connectivity index (χ2n) is 24.3. The third kappa shape index (κ3) is 45.3. The van der Waals surface area contributed by atoms with Gasteiger partial charge in [0, 0.05) is 155 Å². The Kier molecular flexibility index (Phi) is 60.9. The standard InChI is InChI=1S/2C10H21NO.3C9H19NO.2C8H17NO.C7H15NO/c1-7-10(5,12-6)9(4)11-8(2)3;1-6-8-11-9(3)10(4,7-2)12-5;1-7(2)10-8(3)9(4,5)11-6;1-6-7-10-8(2)9(3,4)11-5;1-6-9(4,11-5)8(3)10-7-2;1-6-8(3,10-5)7(2)9-4;1-6-9-7(2)8(3,4)10-5;1-6(8-4)7(2,3)9-5/h8H,7H2,1-6H3;6-8H2,1-5H3;7H,1-6H3;2*6-7H2,1-5H3;2*6H2,1-5H3;1-5H3. The normalized spacial score (nSPS) is 16.1. The molecule has 0 aliphatic carbocycles. The summed E-state index contributed by atoms with van der Waals surface area (Å²) in [6, 6.07) is 0.704. The largest absolute Gasteiger partial charge is 0.373 e. The van der Waals surface area contributed by atoms with Gasteiger partial charge in [-0.05, 0) is 219 Å². The quantitative estimate of drug-likeness (QED) is 0.0696. The minimum atomic E-state index is -0.218. The second kappa shape index (κ2) is 52.8. The number of ether oxygens (including phenoxy) is 8. The molecule has 0 spiro atoms. The van der Waals surface area contributed by atoms with Crippen LogP contribution in [0.3, 0.4) is 0 Å². The topological polar surface area (TPSA) is 173 Å². The Bertz CT molecular complexity index is 1910. The lowest BCUT2D eigenvalue weighted by Crippen LogP contribution is -2.35. The number of hydrogen-bond donors (Lipinski definition) is 0. The van der Waals surface area contributed by atoms with Crippen molar-refractivity contribution in [2.24, 2.45) is 39.9 Å². The molecule has 0 saturated heterocycles. The van der Waals surface area contributed by atoms with Gasteiger partial charge in [-0.15, -0.1) is 0 Å². The maximum atomic E-state index is 5.42. The molecule has 16 nitrogen and oxygen atoms in total. The molecule has 0 aromatic carbocycles. The van der Waals surface area contributed by atoms with Crippen molar-refractivity contribution in [2.45, 2.75) is 317 Å². The maximum Gasteiger partial charge on any atom is 0.102 e. The first-order valence-electron chi connectivity index (χ1n) is 31.7. The number of rotatable bonds is 28. The Balaban J connectivity index is -0.000000135. The van der Waals surface area contributed by atoms with Crippen molar-refractivity contribution < 1.29 is 37.9 Å². The second-order valence-corrected chi connectivity index (χ2v) is 24.3.